The van der Waals surface area contributed by atoms with Crippen molar-refractivity contribution in [3.63, 3.8) is 0 Å². The fourth-order valence-electron chi connectivity index (χ4n) is 3.06. The Labute approximate surface area is 120 Å². The van der Waals surface area contributed by atoms with Gasteiger partial charge in [-0.1, -0.05) is 25.3 Å². The molecule has 0 amide bonds. The summed E-state index contributed by atoms with van der Waals surface area (Å²) in [6.07, 6.45) is 8.59. The van der Waals surface area contributed by atoms with Gasteiger partial charge in [0.1, 0.15) is 6.07 Å². The van der Waals surface area contributed by atoms with E-state index in [1.165, 1.54) is 32.1 Å². The van der Waals surface area contributed by atoms with Crippen molar-refractivity contribution in [3.05, 3.63) is 23.8 Å². The maximum atomic E-state index is 9.48. The van der Waals surface area contributed by atoms with Gasteiger partial charge >= 0.3 is 0 Å². The Kier molecular flexibility index (Phi) is 5.15. The highest BCUT2D eigenvalue weighted by Crippen LogP contribution is 2.33. The third-order valence-corrected chi connectivity index (χ3v) is 4.78. The second kappa shape index (κ2) is 6.86. The highest BCUT2D eigenvalue weighted by molar-refractivity contribution is 7.98. The third-order valence-electron chi connectivity index (χ3n) is 4.00. The summed E-state index contributed by atoms with van der Waals surface area (Å²) >= 11 is 1.66. The van der Waals surface area contributed by atoms with Gasteiger partial charge in [-0.05, 0) is 38.2 Å². The second-order valence-electron chi connectivity index (χ2n) is 5.04. The van der Waals surface area contributed by atoms with E-state index in [0.29, 0.717) is 6.04 Å². The number of thioether (sulfide) groups is 1. The van der Waals surface area contributed by atoms with Crippen LogP contribution in [0.4, 0.5) is 5.69 Å². The van der Waals surface area contributed by atoms with Crippen LogP contribution in [0.5, 0.6) is 0 Å². The second-order valence-corrected chi connectivity index (χ2v) is 5.89. The number of anilines is 1. The van der Waals surface area contributed by atoms with Crippen LogP contribution in [-0.2, 0) is 0 Å². The van der Waals surface area contributed by atoms with E-state index in [2.05, 4.69) is 30.0 Å². The van der Waals surface area contributed by atoms with Gasteiger partial charge in [-0.2, -0.15) is 5.26 Å². The Morgan fingerprint density at radius 3 is 2.63 bits per heavy atom. The number of nitrogens with zero attached hydrogens (tertiary/aromatic N) is 2. The molecule has 0 saturated heterocycles. The zero-order chi connectivity index (χ0) is 13.7. The average molecular weight is 274 g/mol. The highest BCUT2D eigenvalue weighted by Gasteiger charge is 2.22. The Morgan fingerprint density at radius 1 is 1.32 bits per heavy atom. The van der Waals surface area contributed by atoms with Crippen LogP contribution in [0.1, 0.15) is 44.6 Å². The van der Waals surface area contributed by atoms with Crippen LogP contribution in [0, 0.1) is 11.3 Å². The predicted molar refractivity (Wildman–Crippen MR) is 82.8 cm³/mol. The molecule has 0 spiro atoms. The zero-order valence-corrected chi connectivity index (χ0v) is 12.7. The molecule has 2 nitrogen and oxygen atoms in total. The summed E-state index contributed by atoms with van der Waals surface area (Å²) < 4.78 is 0. The van der Waals surface area contributed by atoms with Crippen molar-refractivity contribution in [1.82, 2.24) is 0 Å². The Bertz CT molecular complexity index is 458. The van der Waals surface area contributed by atoms with E-state index in [9.17, 15) is 5.26 Å². The first-order valence-electron chi connectivity index (χ1n) is 7.15. The zero-order valence-electron chi connectivity index (χ0n) is 11.9. The molecular weight excluding hydrogens is 252 g/mol. The maximum absolute atomic E-state index is 9.48. The lowest BCUT2D eigenvalue weighted by Gasteiger charge is -2.36. The number of benzene rings is 1. The summed E-state index contributed by atoms with van der Waals surface area (Å²) in [5.41, 5.74) is 1.98. The largest absolute Gasteiger partial charge is 0.368 e. The first-order valence-corrected chi connectivity index (χ1v) is 8.38. The summed E-state index contributed by atoms with van der Waals surface area (Å²) in [7, 11) is 0. The monoisotopic (exact) mass is 274 g/mol. The lowest BCUT2D eigenvalue weighted by molar-refractivity contribution is 0.418. The van der Waals surface area contributed by atoms with Crippen molar-refractivity contribution in [3.8, 4) is 6.07 Å². The molecule has 1 aliphatic rings. The van der Waals surface area contributed by atoms with Crippen LogP contribution < -0.4 is 4.90 Å². The van der Waals surface area contributed by atoms with E-state index in [0.717, 1.165) is 22.7 Å². The number of hydrogen-bond acceptors (Lipinski definition) is 3. The van der Waals surface area contributed by atoms with Crippen molar-refractivity contribution >= 4 is 17.4 Å². The first-order chi connectivity index (χ1) is 9.31. The van der Waals surface area contributed by atoms with E-state index in [4.69, 9.17) is 0 Å². The number of hydrogen-bond donors (Lipinski definition) is 0. The van der Waals surface area contributed by atoms with Gasteiger partial charge < -0.3 is 4.90 Å². The molecule has 0 aliphatic heterocycles. The quantitative estimate of drug-likeness (QED) is 0.760. The van der Waals surface area contributed by atoms with Gasteiger partial charge in [0.25, 0.3) is 0 Å². The smallest absolute Gasteiger partial charge is 0.103 e. The molecule has 3 heteroatoms. The van der Waals surface area contributed by atoms with Crippen molar-refractivity contribution in [1.29, 1.82) is 5.26 Å². The van der Waals surface area contributed by atoms with E-state index >= 15 is 0 Å². The molecule has 1 aromatic rings. The van der Waals surface area contributed by atoms with Crippen molar-refractivity contribution in [2.75, 3.05) is 17.7 Å². The van der Waals surface area contributed by atoms with Crippen molar-refractivity contribution in [2.45, 2.75) is 50.0 Å². The van der Waals surface area contributed by atoms with Crippen LogP contribution in [0.2, 0.25) is 0 Å². The topological polar surface area (TPSA) is 27.0 Å². The maximum Gasteiger partial charge on any atom is 0.103 e. The lowest BCUT2D eigenvalue weighted by Crippen LogP contribution is -2.37. The Balaban J connectivity index is 2.34. The fraction of sp³-hybridized carbons (Fsp3) is 0.562. The summed E-state index contributed by atoms with van der Waals surface area (Å²) in [6.45, 7) is 3.18. The Morgan fingerprint density at radius 2 is 2.05 bits per heavy atom. The van der Waals surface area contributed by atoms with E-state index < -0.39 is 0 Å². The molecule has 102 valence electrons. The average Bonchev–Trinajstić information content (AvgIpc) is 2.48. The van der Waals surface area contributed by atoms with Gasteiger partial charge in [-0.15, -0.1) is 11.8 Å². The van der Waals surface area contributed by atoms with Gasteiger partial charge in [-0.3, -0.25) is 0 Å². The minimum atomic E-state index is 0.614. The molecule has 19 heavy (non-hydrogen) atoms. The van der Waals surface area contributed by atoms with Gasteiger partial charge in [0, 0.05) is 17.5 Å². The molecule has 2 rings (SSSR count). The van der Waals surface area contributed by atoms with E-state index in [-0.39, 0.29) is 0 Å². The normalized spacial score (nSPS) is 16.1. The molecule has 1 aromatic carbocycles. The summed E-state index contributed by atoms with van der Waals surface area (Å²) in [6, 6.07) is 9.25. The molecule has 0 aromatic heterocycles. The Hall–Kier alpha value is -1.14. The predicted octanol–water partition coefficient (Wildman–Crippen LogP) is 4.44. The fourth-order valence-corrected chi connectivity index (χ4v) is 3.63. The van der Waals surface area contributed by atoms with Crippen molar-refractivity contribution in [2.24, 2.45) is 0 Å². The summed E-state index contributed by atoms with van der Waals surface area (Å²) in [5, 5.41) is 9.48. The molecule has 0 radical (unpaired) electrons. The molecule has 0 atom stereocenters. The molecule has 0 heterocycles. The van der Waals surface area contributed by atoms with E-state index in [1.54, 1.807) is 11.8 Å². The minimum Gasteiger partial charge on any atom is -0.368 e. The van der Waals surface area contributed by atoms with Gasteiger partial charge in [0.2, 0.25) is 0 Å². The number of nitriles is 1. The van der Waals surface area contributed by atoms with Crippen LogP contribution in [0.3, 0.4) is 0 Å². The molecule has 0 N–H and O–H groups in total. The molecule has 0 bridgehead atoms. The van der Waals surface area contributed by atoms with E-state index in [1.807, 2.05) is 12.3 Å². The van der Waals surface area contributed by atoms with Gasteiger partial charge in [-0.25, -0.2) is 0 Å². The molecule has 1 saturated carbocycles. The number of rotatable bonds is 4. The minimum absolute atomic E-state index is 0.614. The van der Waals surface area contributed by atoms with Gasteiger partial charge in [0.05, 0.1) is 11.3 Å². The third kappa shape index (κ3) is 3.06. The summed E-state index contributed by atoms with van der Waals surface area (Å²) in [4.78, 5) is 3.53. The summed E-state index contributed by atoms with van der Waals surface area (Å²) in [5.74, 6) is 0. The van der Waals surface area contributed by atoms with Crippen LogP contribution in [0.25, 0.3) is 0 Å². The molecular formula is C16H22N2S. The highest BCUT2D eigenvalue weighted by atomic mass is 32.2. The SMILES string of the molecule is CCN(c1cccc(SC)c1C#N)C1CCCCC1. The molecule has 1 fully saturated rings. The molecule has 0 unspecified atom stereocenters. The van der Waals surface area contributed by atoms with Crippen LogP contribution >= 0.6 is 11.8 Å². The van der Waals surface area contributed by atoms with Crippen molar-refractivity contribution < 1.29 is 0 Å². The lowest BCUT2D eigenvalue weighted by atomic mass is 9.93. The molecule has 1 aliphatic carbocycles. The first kappa shape index (κ1) is 14.3. The van der Waals surface area contributed by atoms with Crippen LogP contribution in [-0.4, -0.2) is 18.8 Å². The van der Waals surface area contributed by atoms with Crippen LogP contribution in [0.15, 0.2) is 23.1 Å². The standard InChI is InChI=1S/C16H22N2S/c1-3-18(13-8-5-4-6-9-13)15-10-7-11-16(19-2)14(15)12-17/h7,10-11,13H,3-6,8-9H2,1-2H3. The van der Waals surface area contributed by atoms with Gasteiger partial charge in [0.15, 0.2) is 0 Å².